The number of anilines is 1. The van der Waals surface area contributed by atoms with Gasteiger partial charge in [-0.05, 0) is 12.1 Å². The zero-order valence-electron chi connectivity index (χ0n) is 10.3. The number of carboxylic acid groups (broad SMARTS) is 1. The molecule has 0 fully saturated rings. The first-order chi connectivity index (χ1) is 9.40. The number of amides is 1. The molecule has 0 spiro atoms. The first-order valence-electron chi connectivity index (χ1n) is 5.62. The Bertz CT molecular complexity index is 493. The number of alkyl halides is 2. The molecular formula is C12H13F2NO5. The van der Waals surface area contributed by atoms with Crippen molar-refractivity contribution < 1.29 is 33.3 Å². The molecule has 0 aliphatic carbocycles. The summed E-state index contributed by atoms with van der Waals surface area (Å²) in [6.07, 6.45) is -2.72. The van der Waals surface area contributed by atoms with Gasteiger partial charge in [-0.3, -0.25) is 4.79 Å². The Hall–Kier alpha value is -2.22. The number of aromatic hydroxyl groups is 1. The summed E-state index contributed by atoms with van der Waals surface area (Å²) in [4.78, 5) is 22.1. The van der Waals surface area contributed by atoms with Crippen LogP contribution in [0, 0.1) is 0 Å². The summed E-state index contributed by atoms with van der Waals surface area (Å²) in [5.74, 6) is -2.27. The van der Waals surface area contributed by atoms with Crippen LogP contribution in [0.5, 0.6) is 5.75 Å². The molecule has 0 aromatic heterocycles. The van der Waals surface area contributed by atoms with Crippen molar-refractivity contribution in [3.8, 4) is 5.75 Å². The fraction of sp³-hybridized carbons (Fsp3) is 0.333. The van der Waals surface area contributed by atoms with Crippen LogP contribution in [-0.4, -0.2) is 41.7 Å². The molecule has 1 aromatic carbocycles. The molecule has 0 saturated carbocycles. The Morgan fingerprint density at radius 2 is 2.05 bits per heavy atom. The van der Waals surface area contributed by atoms with Gasteiger partial charge in [-0.25, -0.2) is 13.6 Å². The van der Waals surface area contributed by atoms with Crippen LogP contribution in [0.2, 0.25) is 0 Å². The summed E-state index contributed by atoms with van der Waals surface area (Å²) < 4.78 is 28.0. The molecule has 0 aliphatic rings. The van der Waals surface area contributed by atoms with E-state index in [0.717, 1.165) is 12.1 Å². The Kier molecular flexibility index (Phi) is 5.85. The van der Waals surface area contributed by atoms with Gasteiger partial charge in [0.2, 0.25) is 5.91 Å². The van der Waals surface area contributed by atoms with Crippen molar-refractivity contribution in [1.82, 2.24) is 0 Å². The van der Waals surface area contributed by atoms with Crippen LogP contribution >= 0.6 is 0 Å². The molecule has 1 aromatic rings. The van der Waals surface area contributed by atoms with Gasteiger partial charge < -0.3 is 20.3 Å². The molecule has 3 N–H and O–H groups in total. The monoisotopic (exact) mass is 289 g/mol. The number of benzene rings is 1. The highest BCUT2D eigenvalue weighted by Gasteiger charge is 2.11. The maximum Gasteiger partial charge on any atom is 0.339 e. The van der Waals surface area contributed by atoms with Gasteiger partial charge in [-0.15, -0.1) is 0 Å². The average Bonchev–Trinajstić information content (AvgIpc) is 2.34. The van der Waals surface area contributed by atoms with Crippen LogP contribution in [0.1, 0.15) is 16.8 Å². The molecule has 0 saturated heterocycles. The minimum Gasteiger partial charge on any atom is -0.507 e. The summed E-state index contributed by atoms with van der Waals surface area (Å²) >= 11 is 0. The van der Waals surface area contributed by atoms with Crippen molar-refractivity contribution in [1.29, 1.82) is 0 Å². The van der Waals surface area contributed by atoms with E-state index in [2.05, 4.69) is 10.1 Å². The Morgan fingerprint density at radius 3 is 2.60 bits per heavy atom. The number of hydrogen-bond acceptors (Lipinski definition) is 4. The molecule has 8 heteroatoms. The number of aromatic carboxylic acids is 1. The number of carboxylic acids is 1. The smallest absolute Gasteiger partial charge is 0.339 e. The largest absolute Gasteiger partial charge is 0.507 e. The lowest BCUT2D eigenvalue weighted by Gasteiger charge is -2.07. The van der Waals surface area contributed by atoms with Gasteiger partial charge in [0, 0.05) is 11.8 Å². The van der Waals surface area contributed by atoms with Crippen molar-refractivity contribution in [2.75, 3.05) is 18.5 Å². The number of halogens is 2. The number of carbonyl (C=O) groups is 2. The molecule has 0 unspecified atom stereocenters. The lowest BCUT2D eigenvalue weighted by Crippen LogP contribution is -2.15. The molecule has 6 nitrogen and oxygen atoms in total. The lowest BCUT2D eigenvalue weighted by molar-refractivity contribution is -0.117. The van der Waals surface area contributed by atoms with Crippen LogP contribution in [0.25, 0.3) is 0 Å². The molecule has 0 radical (unpaired) electrons. The molecule has 1 rings (SSSR count). The minimum absolute atomic E-state index is 0.131. The molecule has 1 amide bonds. The second-order valence-corrected chi connectivity index (χ2v) is 3.80. The van der Waals surface area contributed by atoms with E-state index in [4.69, 9.17) is 5.11 Å². The zero-order valence-corrected chi connectivity index (χ0v) is 10.3. The van der Waals surface area contributed by atoms with E-state index in [0.29, 0.717) is 0 Å². The summed E-state index contributed by atoms with van der Waals surface area (Å²) in [6, 6.07) is 3.53. The Balaban J connectivity index is 2.46. The second kappa shape index (κ2) is 7.39. The average molecular weight is 289 g/mol. The molecule has 0 atom stereocenters. The van der Waals surface area contributed by atoms with E-state index >= 15 is 0 Å². The predicted octanol–water partition coefficient (Wildman–Crippen LogP) is 1.70. The van der Waals surface area contributed by atoms with Gasteiger partial charge >= 0.3 is 5.97 Å². The minimum atomic E-state index is -2.58. The highest BCUT2D eigenvalue weighted by molar-refractivity contribution is 5.94. The van der Waals surface area contributed by atoms with E-state index in [1.54, 1.807) is 0 Å². The second-order valence-electron chi connectivity index (χ2n) is 3.80. The first-order valence-corrected chi connectivity index (χ1v) is 5.62. The van der Waals surface area contributed by atoms with Crippen molar-refractivity contribution in [3.05, 3.63) is 23.8 Å². The zero-order chi connectivity index (χ0) is 15.1. The maximum absolute atomic E-state index is 11.8. The standard InChI is InChI=1S/C12H13F2NO5/c13-10(14)6-20-4-3-11(17)15-7-1-2-8(12(18)19)9(16)5-7/h1-2,5,10,16H,3-4,6H2,(H,15,17)(H,18,19). The molecular weight excluding hydrogens is 276 g/mol. The van der Waals surface area contributed by atoms with Crippen molar-refractivity contribution >= 4 is 17.6 Å². The van der Waals surface area contributed by atoms with Gasteiger partial charge in [0.15, 0.2) is 0 Å². The van der Waals surface area contributed by atoms with Gasteiger partial charge in [-0.1, -0.05) is 0 Å². The SMILES string of the molecule is O=C(CCOCC(F)F)Nc1ccc(C(=O)O)c(O)c1. The maximum atomic E-state index is 11.8. The number of hydrogen-bond donors (Lipinski definition) is 3. The molecule has 0 aliphatic heterocycles. The first kappa shape index (κ1) is 15.8. The molecule has 0 bridgehead atoms. The van der Waals surface area contributed by atoms with Crippen LogP contribution < -0.4 is 5.32 Å². The summed E-state index contributed by atoms with van der Waals surface area (Å²) in [7, 11) is 0. The van der Waals surface area contributed by atoms with Gasteiger partial charge in [-0.2, -0.15) is 0 Å². The Morgan fingerprint density at radius 1 is 1.35 bits per heavy atom. The number of phenols is 1. The highest BCUT2D eigenvalue weighted by atomic mass is 19.3. The number of ether oxygens (including phenoxy) is 1. The van der Waals surface area contributed by atoms with Crippen molar-refractivity contribution in [2.24, 2.45) is 0 Å². The third-order valence-electron chi connectivity index (χ3n) is 2.23. The van der Waals surface area contributed by atoms with Crippen LogP contribution in [-0.2, 0) is 9.53 Å². The predicted molar refractivity (Wildman–Crippen MR) is 65.1 cm³/mol. The summed E-state index contributed by atoms with van der Waals surface area (Å²) in [6.45, 7) is -0.892. The number of nitrogens with one attached hydrogen (secondary N) is 1. The summed E-state index contributed by atoms with van der Waals surface area (Å²) in [5, 5.41) is 20.5. The van der Waals surface area contributed by atoms with Gasteiger partial charge in [0.1, 0.15) is 17.9 Å². The van der Waals surface area contributed by atoms with Crippen LogP contribution in [0.15, 0.2) is 18.2 Å². The van der Waals surface area contributed by atoms with E-state index in [9.17, 15) is 23.5 Å². The van der Waals surface area contributed by atoms with E-state index < -0.39 is 30.7 Å². The van der Waals surface area contributed by atoms with Crippen LogP contribution in [0.3, 0.4) is 0 Å². The Labute approximate surface area is 113 Å². The fourth-order valence-corrected chi connectivity index (χ4v) is 1.35. The van der Waals surface area contributed by atoms with E-state index in [1.165, 1.54) is 6.07 Å². The fourth-order valence-electron chi connectivity index (χ4n) is 1.35. The molecule has 0 heterocycles. The number of rotatable bonds is 7. The van der Waals surface area contributed by atoms with Crippen molar-refractivity contribution in [3.63, 3.8) is 0 Å². The van der Waals surface area contributed by atoms with E-state index in [-0.39, 0.29) is 24.3 Å². The van der Waals surface area contributed by atoms with E-state index in [1.807, 2.05) is 0 Å². The van der Waals surface area contributed by atoms with Gasteiger partial charge in [0.25, 0.3) is 6.43 Å². The highest BCUT2D eigenvalue weighted by Crippen LogP contribution is 2.21. The normalized spacial score (nSPS) is 10.6. The number of carbonyl (C=O) groups excluding carboxylic acids is 1. The van der Waals surface area contributed by atoms with Crippen LogP contribution in [0.4, 0.5) is 14.5 Å². The lowest BCUT2D eigenvalue weighted by atomic mass is 10.2. The summed E-state index contributed by atoms with van der Waals surface area (Å²) in [5.41, 5.74) is -0.0883. The third-order valence-corrected chi connectivity index (χ3v) is 2.23. The van der Waals surface area contributed by atoms with Gasteiger partial charge in [0.05, 0.1) is 13.0 Å². The quantitative estimate of drug-likeness (QED) is 0.664. The third kappa shape index (κ3) is 5.19. The molecule has 110 valence electrons. The topological polar surface area (TPSA) is 95.9 Å². The van der Waals surface area contributed by atoms with Crippen molar-refractivity contribution in [2.45, 2.75) is 12.8 Å². The molecule has 20 heavy (non-hydrogen) atoms.